The normalized spacial score (nSPS) is 19.4. The lowest BCUT2D eigenvalue weighted by Gasteiger charge is -2.26. The molecule has 2 aliphatic heterocycles. The maximum atomic E-state index is 13.2. The molecule has 1 atom stereocenters. The van der Waals surface area contributed by atoms with E-state index >= 15 is 0 Å². The Bertz CT molecular complexity index is 1440. The fourth-order valence-corrected chi connectivity index (χ4v) is 6.98. The Kier molecular flexibility index (Phi) is 8.39. The molecule has 3 aromatic rings. The van der Waals surface area contributed by atoms with Crippen LogP contribution in [0.3, 0.4) is 0 Å². The van der Waals surface area contributed by atoms with Gasteiger partial charge < -0.3 is 10.1 Å². The van der Waals surface area contributed by atoms with E-state index in [2.05, 4.69) is 24.3 Å². The van der Waals surface area contributed by atoms with E-state index in [9.17, 15) is 13.2 Å². The number of aromatic nitrogens is 2. The largest absolute Gasteiger partial charge is 0.472 e. The summed E-state index contributed by atoms with van der Waals surface area (Å²) in [5.41, 5.74) is 3.70. The second-order valence-electron chi connectivity index (χ2n) is 9.88. The maximum absolute atomic E-state index is 13.2. The number of aryl methyl sites for hydroxylation is 2. The predicted octanol–water partition coefficient (Wildman–Crippen LogP) is 4.58. The van der Waals surface area contributed by atoms with Crippen molar-refractivity contribution in [3.05, 3.63) is 65.2 Å². The molecule has 1 amide bonds. The van der Waals surface area contributed by atoms with Gasteiger partial charge in [-0.2, -0.15) is 4.98 Å². The van der Waals surface area contributed by atoms with Gasteiger partial charge in [0, 0.05) is 36.0 Å². The average molecular weight is 568 g/mol. The molecule has 206 valence electrons. The monoisotopic (exact) mass is 567 g/mol. The number of benzene rings is 2. The zero-order valence-corrected chi connectivity index (χ0v) is 23.8. The Morgan fingerprint density at radius 2 is 1.77 bits per heavy atom. The molecule has 0 aliphatic carbocycles. The van der Waals surface area contributed by atoms with Gasteiger partial charge in [0.25, 0.3) is 15.9 Å². The van der Waals surface area contributed by atoms with E-state index < -0.39 is 10.0 Å². The molecule has 11 heteroatoms. The SMILES string of the molecule is Cc1cccc(C)c1-c1cc2nc(n1)NS(=O)(=O)c1cccc(c1)C(=O)NCC(CCSN1CCCCC1)O2. The number of carbonyl (C=O) groups excluding carboxylic acids is 1. The highest BCUT2D eigenvalue weighted by molar-refractivity contribution is 7.97. The van der Waals surface area contributed by atoms with Crippen LogP contribution in [0.2, 0.25) is 0 Å². The van der Waals surface area contributed by atoms with Gasteiger partial charge in [0.2, 0.25) is 11.8 Å². The lowest BCUT2D eigenvalue weighted by molar-refractivity contribution is 0.0924. The quantitative estimate of drug-likeness (QED) is 0.431. The number of ether oxygens (including phenoxy) is 1. The third kappa shape index (κ3) is 6.71. The standard InChI is InChI=1S/C28H33N5O4S2/c1-19-8-6-9-20(2)26(19)24-17-25-31-28(30-24)32-39(35,36)23-11-7-10-21(16-23)27(34)29-18-22(37-25)12-15-38-33-13-4-3-5-14-33/h6-11,16-17,22H,3-5,12-15,18H2,1-2H3,(H,29,34)(H,30,31,32). The van der Waals surface area contributed by atoms with Crippen molar-refractivity contribution in [2.45, 2.75) is 50.5 Å². The maximum Gasteiger partial charge on any atom is 0.264 e. The summed E-state index contributed by atoms with van der Waals surface area (Å²) in [6.07, 6.45) is 4.00. The Morgan fingerprint density at radius 3 is 2.54 bits per heavy atom. The first-order valence-electron chi connectivity index (χ1n) is 13.2. The summed E-state index contributed by atoms with van der Waals surface area (Å²) in [7, 11) is -4.06. The molecule has 3 heterocycles. The van der Waals surface area contributed by atoms with Crippen LogP contribution in [-0.2, 0) is 10.0 Å². The van der Waals surface area contributed by atoms with Crippen LogP contribution in [0.5, 0.6) is 5.88 Å². The van der Waals surface area contributed by atoms with Crippen LogP contribution in [0.15, 0.2) is 53.4 Å². The van der Waals surface area contributed by atoms with Crippen molar-refractivity contribution in [3.8, 4) is 17.1 Å². The molecule has 0 spiro atoms. The van der Waals surface area contributed by atoms with Gasteiger partial charge in [-0.1, -0.05) is 42.6 Å². The fraction of sp³-hybridized carbons (Fsp3) is 0.393. The van der Waals surface area contributed by atoms with E-state index in [0.717, 1.165) is 35.5 Å². The van der Waals surface area contributed by atoms with Gasteiger partial charge >= 0.3 is 0 Å². The first kappa shape index (κ1) is 27.4. The fourth-order valence-electron chi connectivity index (χ4n) is 4.85. The second kappa shape index (κ2) is 11.9. The second-order valence-corrected chi connectivity index (χ2v) is 12.7. The van der Waals surface area contributed by atoms with Crippen LogP contribution in [0, 0.1) is 13.8 Å². The van der Waals surface area contributed by atoms with E-state index in [-0.39, 0.29) is 40.8 Å². The lowest BCUT2D eigenvalue weighted by atomic mass is 10.00. The topological polar surface area (TPSA) is 114 Å². The molecular weight excluding hydrogens is 534 g/mol. The molecule has 1 unspecified atom stereocenters. The minimum atomic E-state index is -4.06. The van der Waals surface area contributed by atoms with Crippen LogP contribution < -0.4 is 14.8 Å². The summed E-state index contributed by atoms with van der Waals surface area (Å²) in [5.74, 6) is 0.617. The first-order chi connectivity index (χ1) is 18.8. The van der Waals surface area contributed by atoms with Crippen LogP contribution in [0.25, 0.3) is 11.3 Å². The number of fused-ring (bicyclic) bond motifs is 4. The summed E-state index contributed by atoms with van der Waals surface area (Å²) in [6, 6.07) is 13.6. The van der Waals surface area contributed by atoms with Crippen molar-refractivity contribution < 1.29 is 17.9 Å². The van der Waals surface area contributed by atoms with Gasteiger partial charge in [0.05, 0.1) is 17.1 Å². The van der Waals surface area contributed by atoms with Crippen molar-refractivity contribution >= 4 is 33.8 Å². The third-order valence-electron chi connectivity index (χ3n) is 6.88. The Hall–Kier alpha value is -3.15. The lowest BCUT2D eigenvalue weighted by Crippen LogP contribution is -2.36. The molecule has 5 rings (SSSR count). The summed E-state index contributed by atoms with van der Waals surface area (Å²) in [4.78, 5) is 21.9. The summed E-state index contributed by atoms with van der Waals surface area (Å²) >= 11 is 1.80. The zero-order chi connectivity index (χ0) is 27.4. The van der Waals surface area contributed by atoms with Crippen molar-refractivity contribution in [1.82, 2.24) is 19.6 Å². The number of nitrogens with zero attached hydrogens (tertiary/aromatic N) is 3. The molecule has 0 radical (unpaired) electrons. The molecule has 1 aromatic heterocycles. The van der Waals surface area contributed by atoms with Crippen molar-refractivity contribution in [2.75, 3.05) is 30.1 Å². The van der Waals surface area contributed by atoms with Gasteiger partial charge in [0.1, 0.15) is 6.10 Å². The number of piperidine rings is 1. The van der Waals surface area contributed by atoms with Crippen LogP contribution >= 0.6 is 11.9 Å². The van der Waals surface area contributed by atoms with E-state index in [1.54, 1.807) is 30.1 Å². The number of sulfonamides is 1. The summed E-state index contributed by atoms with van der Waals surface area (Å²) in [6.45, 7) is 6.38. The van der Waals surface area contributed by atoms with Gasteiger partial charge in [-0.05, 0) is 62.4 Å². The predicted molar refractivity (Wildman–Crippen MR) is 153 cm³/mol. The Balaban J connectivity index is 1.51. The van der Waals surface area contributed by atoms with E-state index in [1.165, 1.54) is 31.4 Å². The van der Waals surface area contributed by atoms with E-state index in [4.69, 9.17) is 4.74 Å². The Morgan fingerprint density at radius 1 is 1.03 bits per heavy atom. The third-order valence-corrected chi connectivity index (χ3v) is 9.35. The number of hydrogen-bond donors (Lipinski definition) is 2. The zero-order valence-electron chi connectivity index (χ0n) is 22.1. The van der Waals surface area contributed by atoms with E-state index in [1.807, 2.05) is 32.0 Å². The molecule has 4 bridgehead atoms. The molecule has 9 nitrogen and oxygen atoms in total. The molecule has 2 aliphatic rings. The minimum Gasteiger partial charge on any atom is -0.472 e. The minimum absolute atomic E-state index is 0.0487. The molecule has 0 saturated carbocycles. The summed E-state index contributed by atoms with van der Waals surface area (Å²) < 4.78 is 37.7. The van der Waals surface area contributed by atoms with Gasteiger partial charge in [-0.15, -0.1) is 0 Å². The molecule has 1 fully saturated rings. The average Bonchev–Trinajstić information content (AvgIpc) is 2.91. The highest BCUT2D eigenvalue weighted by atomic mass is 32.2. The number of nitrogens with one attached hydrogen (secondary N) is 2. The number of amides is 1. The molecular formula is C28H33N5O4S2. The molecule has 2 aromatic carbocycles. The van der Waals surface area contributed by atoms with Crippen LogP contribution in [0.1, 0.15) is 47.2 Å². The highest BCUT2D eigenvalue weighted by Crippen LogP contribution is 2.30. The number of anilines is 1. The number of carbonyl (C=O) groups is 1. The first-order valence-corrected chi connectivity index (χ1v) is 15.6. The van der Waals surface area contributed by atoms with Crippen LogP contribution in [-0.4, -0.2) is 60.1 Å². The van der Waals surface area contributed by atoms with Gasteiger partial charge in [-0.25, -0.2) is 18.1 Å². The number of hydrogen-bond acceptors (Lipinski definition) is 8. The van der Waals surface area contributed by atoms with Gasteiger partial charge in [0.15, 0.2) is 0 Å². The molecule has 39 heavy (non-hydrogen) atoms. The summed E-state index contributed by atoms with van der Waals surface area (Å²) in [5, 5.41) is 2.92. The number of rotatable bonds is 5. The Labute approximate surface area is 234 Å². The smallest absolute Gasteiger partial charge is 0.264 e. The molecule has 1 saturated heterocycles. The van der Waals surface area contributed by atoms with Crippen molar-refractivity contribution in [1.29, 1.82) is 0 Å². The van der Waals surface area contributed by atoms with E-state index in [0.29, 0.717) is 12.1 Å². The van der Waals surface area contributed by atoms with Crippen molar-refractivity contribution in [3.63, 3.8) is 0 Å². The molecule has 2 N–H and O–H groups in total. The van der Waals surface area contributed by atoms with Crippen molar-refractivity contribution in [2.24, 2.45) is 0 Å². The van der Waals surface area contributed by atoms with Crippen LogP contribution in [0.4, 0.5) is 5.95 Å². The highest BCUT2D eigenvalue weighted by Gasteiger charge is 2.23. The van der Waals surface area contributed by atoms with Gasteiger partial charge in [-0.3, -0.25) is 9.10 Å².